The summed E-state index contributed by atoms with van der Waals surface area (Å²) in [5.41, 5.74) is 15.0. The number of likely N-dealkylation sites (N-methyl/N-ethyl adjacent to an activating group) is 1. The van der Waals surface area contributed by atoms with E-state index < -0.39 is 6.04 Å². The van der Waals surface area contributed by atoms with Crippen LogP contribution in [0.15, 0.2) is 60.8 Å². The van der Waals surface area contributed by atoms with Gasteiger partial charge >= 0.3 is 0 Å². The van der Waals surface area contributed by atoms with Gasteiger partial charge in [0.15, 0.2) is 0 Å². The maximum atomic E-state index is 13.6. The van der Waals surface area contributed by atoms with E-state index in [2.05, 4.69) is 112 Å². The van der Waals surface area contributed by atoms with E-state index in [4.69, 9.17) is 0 Å². The van der Waals surface area contributed by atoms with Crippen LogP contribution in [0.3, 0.4) is 0 Å². The lowest BCUT2D eigenvalue weighted by atomic mass is 9.76. The number of carbonyl (C=O) groups excluding carboxylic acids is 2. The van der Waals surface area contributed by atoms with E-state index in [0.717, 1.165) is 61.3 Å². The van der Waals surface area contributed by atoms with Crippen molar-refractivity contribution in [2.45, 2.75) is 134 Å². The fraction of sp³-hybridized carbons (Fsp3) is 0.542. The molecule has 0 aromatic heterocycles. The molecule has 314 valence electrons. The third-order valence-electron chi connectivity index (χ3n) is 14.7. The van der Waals surface area contributed by atoms with Crippen LogP contribution in [0.1, 0.15) is 102 Å². The fourth-order valence-electron chi connectivity index (χ4n) is 11.6. The van der Waals surface area contributed by atoms with Gasteiger partial charge in [0.2, 0.25) is 11.8 Å². The van der Waals surface area contributed by atoms with E-state index in [1.54, 1.807) is 5.56 Å². The van der Waals surface area contributed by atoms with Crippen LogP contribution < -0.4 is 32.1 Å². The lowest BCUT2D eigenvalue weighted by Crippen LogP contribution is -2.56. The summed E-state index contributed by atoms with van der Waals surface area (Å²) in [7, 11) is 1.89. The second-order valence-electron chi connectivity index (χ2n) is 18.8. The van der Waals surface area contributed by atoms with Crippen LogP contribution in [0.4, 0.5) is 11.4 Å². The van der Waals surface area contributed by atoms with E-state index in [1.807, 2.05) is 25.8 Å². The van der Waals surface area contributed by atoms with E-state index in [-0.39, 0.29) is 59.5 Å². The normalized spacial score (nSPS) is 25.1. The van der Waals surface area contributed by atoms with Crippen LogP contribution in [-0.2, 0) is 21.4 Å². The third kappa shape index (κ3) is 7.06. The molecular formula is C48H64N8O3. The summed E-state index contributed by atoms with van der Waals surface area (Å²) in [6, 6.07) is 19.7. The molecule has 2 saturated heterocycles. The van der Waals surface area contributed by atoms with Crippen molar-refractivity contribution >= 4 is 28.9 Å². The number of hydrogen-bond donors (Lipinski definition) is 7. The largest absolute Gasteiger partial charge is 0.368 e. The molecule has 4 aliphatic heterocycles. The Morgan fingerprint density at radius 3 is 1.98 bits per heavy atom. The maximum absolute atomic E-state index is 13.6. The number of anilines is 2. The molecule has 3 aromatic rings. The first-order valence-corrected chi connectivity index (χ1v) is 22.5. The van der Waals surface area contributed by atoms with Crippen molar-refractivity contribution in [2.75, 3.05) is 30.8 Å². The third-order valence-corrected chi connectivity index (χ3v) is 14.7. The highest BCUT2D eigenvalue weighted by Gasteiger charge is 2.45. The molecule has 0 bridgehead atoms. The number of benzene rings is 3. The van der Waals surface area contributed by atoms with E-state index in [9.17, 15) is 14.8 Å². The lowest BCUT2D eigenvalue weighted by molar-refractivity contribution is -0.138. The Morgan fingerprint density at radius 2 is 1.32 bits per heavy atom. The maximum Gasteiger partial charge on any atom is 0.242 e. The zero-order valence-electron chi connectivity index (χ0n) is 35.5. The van der Waals surface area contributed by atoms with Crippen LogP contribution in [0, 0.1) is 11.8 Å². The monoisotopic (exact) mass is 801 g/mol. The SMILES string of the molecule is CN[C@H](C(=O)N1CCCC1C1NC=C(c2ccc(-c3ccc(-c4ccc5c(c4)NC(C4CCCN4C(=O)[C@@H](NO)C(C)C)N5)cc3)c3c2CCC32CCCC2)N1)C(C)C. The van der Waals surface area contributed by atoms with Gasteiger partial charge in [0.25, 0.3) is 0 Å². The summed E-state index contributed by atoms with van der Waals surface area (Å²) in [5.74, 6) is 0.379. The van der Waals surface area contributed by atoms with Gasteiger partial charge in [-0.3, -0.25) is 9.59 Å². The number of hydrogen-bond acceptors (Lipinski definition) is 9. The van der Waals surface area contributed by atoms with E-state index >= 15 is 0 Å². The van der Waals surface area contributed by atoms with Crippen molar-refractivity contribution in [3.63, 3.8) is 0 Å². The Hall–Kier alpha value is -4.58. The van der Waals surface area contributed by atoms with Crippen molar-refractivity contribution in [1.29, 1.82) is 0 Å². The van der Waals surface area contributed by atoms with Gasteiger partial charge in [0.1, 0.15) is 18.4 Å². The molecule has 2 amide bonds. The Kier molecular flexibility index (Phi) is 10.9. The van der Waals surface area contributed by atoms with Gasteiger partial charge in [-0.05, 0) is 121 Å². The number of nitrogens with zero attached hydrogens (tertiary/aromatic N) is 2. The summed E-state index contributed by atoms with van der Waals surface area (Å²) in [6.45, 7) is 9.63. The van der Waals surface area contributed by atoms with Gasteiger partial charge in [-0.1, -0.05) is 83.0 Å². The topological polar surface area (TPSA) is 133 Å². The minimum absolute atomic E-state index is 0.00344. The molecule has 59 heavy (non-hydrogen) atoms. The highest BCUT2D eigenvalue weighted by atomic mass is 16.5. The van der Waals surface area contributed by atoms with Gasteiger partial charge < -0.3 is 41.6 Å². The van der Waals surface area contributed by atoms with Crippen LogP contribution in [0.2, 0.25) is 0 Å². The first kappa shape index (κ1) is 39.9. The average Bonchev–Trinajstić information content (AvgIpc) is 4.09. The Labute approximate surface area is 350 Å². The van der Waals surface area contributed by atoms with E-state index in [1.165, 1.54) is 59.9 Å². The standard InChI is InChI=1S/C48H64N8O3/c1-28(2)42(49-5)46(57)55-24-8-10-39(55)44-50-27-38(53-44)34-18-17-33(41-35(34)20-23-48(41)21-6-7-22-48)31-14-12-30(13-15-31)32-16-19-36-37(26-32)52-45(51-36)40-11-9-25-56(40)47(58)43(54-59)29(3)4/h12-19,26-29,39-40,42-45,49-54,59H,6-11,20-25H2,1-5H3/t39?,40?,42-,43-,44?,45?/m0/s1. The van der Waals surface area contributed by atoms with Crippen LogP contribution in [0.25, 0.3) is 28.0 Å². The number of likely N-dealkylation sites (tertiary alicyclic amines) is 2. The zero-order valence-corrected chi connectivity index (χ0v) is 35.5. The zero-order chi connectivity index (χ0) is 41.0. The number of fused-ring (bicyclic) bond motifs is 3. The number of amides is 2. The number of hydroxylamine groups is 1. The fourth-order valence-corrected chi connectivity index (χ4v) is 11.6. The molecule has 4 unspecified atom stereocenters. The van der Waals surface area contributed by atoms with Crippen molar-refractivity contribution in [3.05, 3.63) is 77.5 Å². The predicted octanol–water partition coefficient (Wildman–Crippen LogP) is 6.99. The second kappa shape index (κ2) is 16.1. The van der Waals surface area contributed by atoms with Crippen LogP contribution >= 0.6 is 0 Å². The molecule has 4 heterocycles. The molecule has 1 saturated carbocycles. The minimum Gasteiger partial charge on any atom is -0.368 e. The number of carbonyl (C=O) groups is 2. The number of rotatable bonds is 11. The minimum atomic E-state index is -0.614. The van der Waals surface area contributed by atoms with Gasteiger partial charge in [0.05, 0.1) is 35.2 Å². The summed E-state index contributed by atoms with van der Waals surface area (Å²) < 4.78 is 0. The Bertz CT molecular complexity index is 2090. The van der Waals surface area contributed by atoms with Gasteiger partial charge in [-0.25, -0.2) is 0 Å². The predicted molar refractivity (Wildman–Crippen MR) is 236 cm³/mol. The first-order valence-electron chi connectivity index (χ1n) is 22.5. The average molecular weight is 801 g/mol. The van der Waals surface area contributed by atoms with Crippen molar-refractivity contribution in [1.82, 2.24) is 31.2 Å². The van der Waals surface area contributed by atoms with Crippen molar-refractivity contribution < 1.29 is 14.8 Å². The molecule has 6 atom stereocenters. The molecule has 1 spiro atoms. The van der Waals surface area contributed by atoms with Crippen LogP contribution in [0.5, 0.6) is 0 Å². The summed E-state index contributed by atoms with van der Waals surface area (Å²) in [5, 5.41) is 27.9. The Morgan fingerprint density at radius 1 is 0.712 bits per heavy atom. The van der Waals surface area contributed by atoms with Gasteiger partial charge in [-0.15, -0.1) is 0 Å². The molecular weight excluding hydrogens is 737 g/mol. The molecule has 11 heteroatoms. The smallest absolute Gasteiger partial charge is 0.242 e. The molecule has 11 nitrogen and oxygen atoms in total. The van der Waals surface area contributed by atoms with Crippen molar-refractivity contribution in [3.8, 4) is 22.3 Å². The molecule has 3 aromatic carbocycles. The quantitative estimate of drug-likeness (QED) is 0.103. The van der Waals surface area contributed by atoms with Crippen molar-refractivity contribution in [2.24, 2.45) is 11.8 Å². The first-order chi connectivity index (χ1) is 28.6. The molecule has 3 fully saturated rings. The molecule has 0 radical (unpaired) electrons. The highest BCUT2D eigenvalue weighted by Crippen LogP contribution is 2.55. The highest BCUT2D eigenvalue weighted by molar-refractivity contribution is 5.86. The lowest BCUT2D eigenvalue weighted by Gasteiger charge is -2.34. The van der Waals surface area contributed by atoms with Crippen LogP contribution in [-0.4, -0.2) is 83.5 Å². The summed E-state index contributed by atoms with van der Waals surface area (Å²) in [4.78, 5) is 31.1. The summed E-state index contributed by atoms with van der Waals surface area (Å²) in [6.07, 6.45) is 13.3. The van der Waals surface area contributed by atoms with E-state index in [0.29, 0.717) is 6.54 Å². The molecule has 9 rings (SSSR count). The summed E-state index contributed by atoms with van der Waals surface area (Å²) >= 11 is 0. The number of nitrogens with one attached hydrogen (secondary N) is 6. The molecule has 7 N–H and O–H groups in total. The Balaban J connectivity index is 0.934. The van der Waals surface area contributed by atoms with Gasteiger partial charge in [0, 0.05) is 24.9 Å². The second-order valence-corrected chi connectivity index (χ2v) is 18.8. The van der Waals surface area contributed by atoms with Gasteiger partial charge in [-0.2, -0.15) is 5.48 Å². The molecule has 6 aliphatic rings. The molecule has 2 aliphatic carbocycles.